The second-order valence-corrected chi connectivity index (χ2v) is 14.6. The standard InChI is InChI=1S/C41H74NO8P/c1-3-5-7-9-11-13-15-17-19-21-23-25-27-29-31-33-40(43)47-37-39(38-49-51(45,46)48-36-35-42)50-41(44)34-32-30-28-26-24-22-20-18-16-14-12-10-8-6-4-2/h5,7,11,13-14,16-17,19,39H,3-4,6,8-10,12,15,18,20-38,42H2,1-2H3,(H,45,46)/b7-5-,13-11-,16-14-,19-17-/t39-/m1/s1. The third kappa shape index (κ3) is 37.5. The van der Waals surface area contributed by atoms with Gasteiger partial charge in [0.05, 0.1) is 13.2 Å². The number of carbonyl (C=O) groups excluding carboxylic acids is 2. The lowest BCUT2D eigenvalue weighted by atomic mass is 10.1. The van der Waals surface area contributed by atoms with E-state index in [9.17, 15) is 19.0 Å². The van der Waals surface area contributed by atoms with Crippen LogP contribution in [-0.4, -0.2) is 49.3 Å². The average molecular weight is 740 g/mol. The average Bonchev–Trinajstić information content (AvgIpc) is 3.11. The number of phosphoric ester groups is 1. The van der Waals surface area contributed by atoms with Crippen molar-refractivity contribution in [1.29, 1.82) is 0 Å². The molecule has 0 rings (SSSR count). The van der Waals surface area contributed by atoms with Crippen LogP contribution in [0.15, 0.2) is 48.6 Å². The summed E-state index contributed by atoms with van der Waals surface area (Å²) in [6, 6.07) is 0. The van der Waals surface area contributed by atoms with E-state index in [-0.39, 0.29) is 32.6 Å². The molecule has 0 aliphatic carbocycles. The van der Waals surface area contributed by atoms with Crippen LogP contribution in [0.1, 0.15) is 168 Å². The normalized spacial score (nSPS) is 13.9. The Kier molecular flexibility index (Phi) is 36.2. The molecule has 0 spiro atoms. The van der Waals surface area contributed by atoms with E-state index in [0.29, 0.717) is 12.8 Å². The highest BCUT2D eigenvalue weighted by molar-refractivity contribution is 7.47. The largest absolute Gasteiger partial charge is 0.472 e. The molecule has 0 fully saturated rings. The summed E-state index contributed by atoms with van der Waals surface area (Å²) in [5, 5.41) is 0. The lowest BCUT2D eigenvalue weighted by Crippen LogP contribution is -2.29. The fourth-order valence-corrected chi connectivity index (χ4v) is 6.00. The summed E-state index contributed by atoms with van der Waals surface area (Å²) in [6.45, 7) is 3.57. The Labute approximate surface area is 311 Å². The van der Waals surface area contributed by atoms with E-state index in [1.54, 1.807) is 0 Å². The van der Waals surface area contributed by atoms with Crippen molar-refractivity contribution in [1.82, 2.24) is 0 Å². The zero-order valence-electron chi connectivity index (χ0n) is 32.3. The van der Waals surface area contributed by atoms with Crippen molar-refractivity contribution in [3.05, 3.63) is 48.6 Å². The van der Waals surface area contributed by atoms with Crippen molar-refractivity contribution in [2.45, 2.75) is 174 Å². The highest BCUT2D eigenvalue weighted by Gasteiger charge is 2.25. The summed E-state index contributed by atoms with van der Waals surface area (Å²) in [6.07, 6.45) is 41.3. The zero-order valence-corrected chi connectivity index (χ0v) is 33.2. The molecule has 0 saturated carbocycles. The molecular formula is C41H74NO8P. The minimum Gasteiger partial charge on any atom is -0.462 e. The van der Waals surface area contributed by atoms with Gasteiger partial charge in [-0.3, -0.25) is 18.6 Å². The second-order valence-electron chi connectivity index (χ2n) is 13.1. The maximum absolute atomic E-state index is 12.5. The first kappa shape index (κ1) is 49.0. The van der Waals surface area contributed by atoms with Gasteiger partial charge >= 0.3 is 19.8 Å². The van der Waals surface area contributed by atoms with Gasteiger partial charge in [0.1, 0.15) is 6.61 Å². The smallest absolute Gasteiger partial charge is 0.462 e. The quantitative estimate of drug-likeness (QED) is 0.0276. The monoisotopic (exact) mass is 740 g/mol. The lowest BCUT2D eigenvalue weighted by Gasteiger charge is -2.19. The number of hydrogen-bond donors (Lipinski definition) is 2. The zero-order chi connectivity index (χ0) is 37.5. The van der Waals surface area contributed by atoms with E-state index >= 15 is 0 Å². The van der Waals surface area contributed by atoms with Gasteiger partial charge < -0.3 is 20.1 Å². The molecule has 0 aromatic rings. The van der Waals surface area contributed by atoms with Crippen LogP contribution in [0, 0.1) is 0 Å². The van der Waals surface area contributed by atoms with Gasteiger partial charge in [-0.1, -0.05) is 133 Å². The fourth-order valence-electron chi connectivity index (χ4n) is 5.23. The molecule has 0 aromatic carbocycles. The van der Waals surface area contributed by atoms with Crippen molar-refractivity contribution in [3.8, 4) is 0 Å². The van der Waals surface area contributed by atoms with E-state index in [4.69, 9.17) is 24.3 Å². The van der Waals surface area contributed by atoms with Crippen LogP contribution in [0.4, 0.5) is 0 Å². The maximum Gasteiger partial charge on any atom is 0.472 e. The summed E-state index contributed by atoms with van der Waals surface area (Å²) in [4.78, 5) is 34.8. The molecule has 0 saturated heterocycles. The first-order valence-electron chi connectivity index (χ1n) is 20.1. The van der Waals surface area contributed by atoms with Crippen LogP contribution >= 0.6 is 7.82 Å². The molecule has 0 amide bonds. The van der Waals surface area contributed by atoms with E-state index < -0.39 is 32.5 Å². The third-order valence-corrected chi connectivity index (χ3v) is 9.18. The third-order valence-electron chi connectivity index (χ3n) is 8.20. The first-order chi connectivity index (χ1) is 24.8. The summed E-state index contributed by atoms with van der Waals surface area (Å²) in [5.41, 5.74) is 5.34. The first-order valence-corrected chi connectivity index (χ1v) is 21.6. The SMILES string of the molecule is CC/C=C\C/C=C\C/C=C\CCCCCCCC(=O)OC[C@H](COP(=O)(O)OCCN)OC(=O)CCCCCCCCC/C=C\CCCCCC. The molecular weight excluding hydrogens is 665 g/mol. The van der Waals surface area contributed by atoms with Gasteiger partial charge in [0.2, 0.25) is 0 Å². The molecule has 2 atom stereocenters. The topological polar surface area (TPSA) is 134 Å². The number of rotatable bonds is 37. The number of hydrogen-bond acceptors (Lipinski definition) is 8. The number of unbranched alkanes of at least 4 members (excludes halogenated alkanes) is 16. The van der Waals surface area contributed by atoms with Crippen LogP contribution in [0.5, 0.6) is 0 Å². The highest BCUT2D eigenvalue weighted by Crippen LogP contribution is 2.43. The molecule has 3 N–H and O–H groups in total. The summed E-state index contributed by atoms with van der Waals surface area (Å²) < 4.78 is 32.7. The Hall–Kier alpha value is -2.03. The van der Waals surface area contributed by atoms with E-state index in [2.05, 4.69) is 62.5 Å². The van der Waals surface area contributed by atoms with Gasteiger partial charge in [0.25, 0.3) is 0 Å². The highest BCUT2D eigenvalue weighted by atomic mass is 31.2. The molecule has 0 bridgehead atoms. The lowest BCUT2D eigenvalue weighted by molar-refractivity contribution is -0.161. The Morgan fingerprint density at radius 2 is 1.08 bits per heavy atom. The van der Waals surface area contributed by atoms with E-state index in [1.807, 2.05) is 0 Å². The van der Waals surface area contributed by atoms with E-state index in [0.717, 1.165) is 77.0 Å². The summed E-state index contributed by atoms with van der Waals surface area (Å²) >= 11 is 0. The Morgan fingerprint density at radius 3 is 1.63 bits per heavy atom. The van der Waals surface area contributed by atoms with Gasteiger partial charge in [0, 0.05) is 19.4 Å². The molecule has 0 aliphatic heterocycles. The Bertz CT molecular complexity index is 981. The molecule has 10 heteroatoms. The molecule has 0 aliphatic rings. The summed E-state index contributed by atoms with van der Waals surface area (Å²) in [7, 11) is -4.38. The fraction of sp³-hybridized carbons (Fsp3) is 0.756. The van der Waals surface area contributed by atoms with Crippen LogP contribution in [0.2, 0.25) is 0 Å². The number of phosphoric acid groups is 1. The molecule has 9 nitrogen and oxygen atoms in total. The molecule has 296 valence electrons. The van der Waals surface area contributed by atoms with Crippen molar-refractivity contribution < 1.29 is 37.6 Å². The minimum atomic E-state index is -4.38. The molecule has 1 unspecified atom stereocenters. The van der Waals surface area contributed by atoms with Crippen LogP contribution in [-0.2, 0) is 32.7 Å². The predicted octanol–water partition coefficient (Wildman–Crippen LogP) is 11.2. The van der Waals surface area contributed by atoms with Crippen molar-refractivity contribution in [2.75, 3.05) is 26.4 Å². The number of esters is 2. The number of nitrogens with two attached hydrogens (primary N) is 1. The van der Waals surface area contributed by atoms with Gasteiger partial charge in [-0.25, -0.2) is 4.57 Å². The minimum absolute atomic E-state index is 0.0486. The van der Waals surface area contributed by atoms with E-state index in [1.165, 1.54) is 51.4 Å². The summed E-state index contributed by atoms with van der Waals surface area (Å²) in [5.74, 6) is -0.856. The molecule has 51 heavy (non-hydrogen) atoms. The Morgan fingerprint density at radius 1 is 0.608 bits per heavy atom. The molecule has 0 aromatic heterocycles. The van der Waals surface area contributed by atoms with Gasteiger partial charge in [-0.05, 0) is 70.6 Å². The van der Waals surface area contributed by atoms with Crippen LogP contribution in [0.25, 0.3) is 0 Å². The van der Waals surface area contributed by atoms with Gasteiger partial charge in [-0.2, -0.15) is 0 Å². The van der Waals surface area contributed by atoms with Gasteiger partial charge in [-0.15, -0.1) is 0 Å². The number of ether oxygens (including phenoxy) is 2. The Balaban J connectivity index is 4.23. The number of carbonyl (C=O) groups is 2. The maximum atomic E-state index is 12.5. The van der Waals surface area contributed by atoms with Crippen molar-refractivity contribution in [2.24, 2.45) is 5.73 Å². The van der Waals surface area contributed by atoms with Gasteiger partial charge in [0.15, 0.2) is 6.10 Å². The van der Waals surface area contributed by atoms with Crippen LogP contribution in [0.3, 0.4) is 0 Å². The van der Waals surface area contributed by atoms with Crippen molar-refractivity contribution in [3.63, 3.8) is 0 Å². The molecule has 0 heterocycles. The predicted molar refractivity (Wildman–Crippen MR) is 210 cm³/mol. The second kappa shape index (κ2) is 37.7. The van der Waals surface area contributed by atoms with Crippen LogP contribution < -0.4 is 5.73 Å². The number of allylic oxidation sites excluding steroid dienone is 8. The molecule has 0 radical (unpaired) electrons. The van der Waals surface area contributed by atoms with Crippen molar-refractivity contribution >= 4 is 19.8 Å².